The lowest BCUT2D eigenvalue weighted by atomic mass is 10.0. The van der Waals surface area contributed by atoms with E-state index in [1.807, 2.05) is 18.2 Å². The fourth-order valence-electron chi connectivity index (χ4n) is 3.86. The molecule has 11 heteroatoms. The Labute approximate surface area is 193 Å². The number of rotatable bonds is 6. The topological polar surface area (TPSA) is 99.6 Å². The van der Waals surface area contributed by atoms with Crippen molar-refractivity contribution in [3.05, 3.63) is 47.3 Å². The first-order valence-corrected chi connectivity index (χ1v) is 10.6. The highest BCUT2D eigenvalue weighted by Crippen LogP contribution is 2.38. The molecule has 3 N–H and O–H groups in total. The molecule has 4 rings (SSSR count). The predicted octanol–water partition coefficient (Wildman–Crippen LogP) is 5.19. The van der Waals surface area contributed by atoms with E-state index in [1.54, 1.807) is 19.1 Å². The smallest absolute Gasteiger partial charge is 0.416 e. The molecule has 0 aliphatic carbocycles. The largest absolute Gasteiger partial charge is 0.493 e. The van der Waals surface area contributed by atoms with Crippen molar-refractivity contribution in [2.75, 3.05) is 25.3 Å². The van der Waals surface area contributed by atoms with Crippen molar-refractivity contribution >= 4 is 28.2 Å². The summed E-state index contributed by atoms with van der Waals surface area (Å²) >= 11 is 0. The number of anilines is 2. The van der Waals surface area contributed by atoms with Gasteiger partial charge in [0.15, 0.2) is 11.5 Å². The van der Waals surface area contributed by atoms with E-state index in [9.17, 15) is 13.2 Å². The third kappa shape index (κ3) is 4.13. The highest BCUT2D eigenvalue weighted by atomic mass is 19.4. The number of halogens is 3. The third-order valence-electron chi connectivity index (χ3n) is 5.56. The molecule has 0 aliphatic rings. The van der Waals surface area contributed by atoms with E-state index < -0.39 is 17.8 Å². The Hall–Kier alpha value is -3.76. The van der Waals surface area contributed by atoms with Crippen LogP contribution in [0.25, 0.3) is 16.7 Å². The average Bonchev–Trinajstić information content (AvgIpc) is 3.21. The molecular formula is C23H25F3N6O2. The number of alkyl halides is 3. The lowest BCUT2D eigenvalue weighted by Gasteiger charge is -2.20. The van der Waals surface area contributed by atoms with Crippen molar-refractivity contribution in [2.45, 2.75) is 38.9 Å². The molecular weight excluding hydrogens is 449 g/mol. The summed E-state index contributed by atoms with van der Waals surface area (Å²) in [7, 11) is 3.06. The molecule has 180 valence electrons. The summed E-state index contributed by atoms with van der Waals surface area (Å²) in [5, 5.41) is 12.4. The molecule has 0 unspecified atom stereocenters. The van der Waals surface area contributed by atoms with Gasteiger partial charge in [-0.3, -0.25) is 4.40 Å². The summed E-state index contributed by atoms with van der Waals surface area (Å²) in [4.78, 5) is 4.62. The van der Waals surface area contributed by atoms with Gasteiger partial charge in [0.25, 0.3) is 5.78 Å². The van der Waals surface area contributed by atoms with Gasteiger partial charge in [-0.2, -0.15) is 18.2 Å². The molecule has 0 saturated carbocycles. The minimum Gasteiger partial charge on any atom is -0.493 e. The molecule has 0 spiro atoms. The highest BCUT2D eigenvalue weighted by molar-refractivity contribution is 5.94. The highest BCUT2D eigenvalue weighted by Gasteiger charge is 2.31. The number of fused-ring (bicyclic) bond motifs is 3. The Kier molecular flexibility index (Phi) is 5.88. The van der Waals surface area contributed by atoms with Gasteiger partial charge >= 0.3 is 6.18 Å². The molecule has 0 aliphatic heterocycles. The van der Waals surface area contributed by atoms with Gasteiger partial charge in [0, 0.05) is 23.1 Å². The molecule has 8 nitrogen and oxygen atoms in total. The minimum atomic E-state index is -4.51. The number of aromatic nitrogens is 4. The molecule has 4 aromatic rings. The van der Waals surface area contributed by atoms with Gasteiger partial charge in [0.05, 0.1) is 31.3 Å². The van der Waals surface area contributed by atoms with Gasteiger partial charge in [-0.25, -0.2) is 0 Å². The monoisotopic (exact) mass is 474 g/mol. The Morgan fingerprint density at radius 3 is 2.26 bits per heavy atom. The molecule has 34 heavy (non-hydrogen) atoms. The van der Waals surface area contributed by atoms with Crippen LogP contribution in [0.2, 0.25) is 0 Å². The van der Waals surface area contributed by atoms with E-state index in [4.69, 9.17) is 15.2 Å². The zero-order valence-corrected chi connectivity index (χ0v) is 19.4. The van der Waals surface area contributed by atoms with Gasteiger partial charge in [-0.05, 0) is 36.8 Å². The van der Waals surface area contributed by atoms with E-state index >= 15 is 0 Å². The minimum absolute atomic E-state index is 0.0252. The maximum Gasteiger partial charge on any atom is 0.416 e. The Morgan fingerprint density at radius 2 is 1.65 bits per heavy atom. The zero-order valence-electron chi connectivity index (χ0n) is 19.4. The summed E-state index contributed by atoms with van der Waals surface area (Å²) in [5.41, 5.74) is 6.06. The van der Waals surface area contributed by atoms with E-state index in [2.05, 4.69) is 20.5 Å². The van der Waals surface area contributed by atoms with Crippen LogP contribution in [0.4, 0.5) is 24.7 Å². The molecule has 1 atom stereocenters. The van der Waals surface area contributed by atoms with Crippen LogP contribution in [0.1, 0.15) is 49.7 Å². The second kappa shape index (κ2) is 8.54. The van der Waals surface area contributed by atoms with E-state index in [0.717, 1.165) is 17.6 Å². The number of nitrogens with two attached hydrogens (primary N) is 1. The second-order valence-corrected chi connectivity index (χ2v) is 8.29. The van der Waals surface area contributed by atoms with Gasteiger partial charge in [-0.15, -0.1) is 10.2 Å². The van der Waals surface area contributed by atoms with Crippen LogP contribution >= 0.6 is 0 Å². The van der Waals surface area contributed by atoms with Crippen molar-refractivity contribution in [2.24, 2.45) is 0 Å². The first-order chi connectivity index (χ1) is 16.0. The Balaban J connectivity index is 1.89. The number of benzene rings is 2. The molecule has 0 saturated heterocycles. The van der Waals surface area contributed by atoms with Crippen molar-refractivity contribution in [1.29, 1.82) is 0 Å². The van der Waals surface area contributed by atoms with Crippen LogP contribution in [0.3, 0.4) is 0 Å². The molecule has 2 aromatic carbocycles. The van der Waals surface area contributed by atoms with Crippen LogP contribution < -0.4 is 20.5 Å². The lowest BCUT2D eigenvalue weighted by molar-refractivity contribution is -0.137. The summed E-state index contributed by atoms with van der Waals surface area (Å²) < 4.78 is 52.7. The SMILES string of the molecule is COc1cc2c(N[C@H](C)c3cc(N)cc(C(F)(F)F)c3)nc3nnc(C(C)C)n3c2cc1OC. The maximum absolute atomic E-state index is 13.3. The number of nitrogen functional groups attached to an aromatic ring is 1. The molecule has 0 bridgehead atoms. The van der Waals surface area contributed by atoms with Gasteiger partial charge in [0.1, 0.15) is 11.6 Å². The molecule has 2 aromatic heterocycles. The average molecular weight is 474 g/mol. The summed E-state index contributed by atoms with van der Waals surface area (Å²) in [6.07, 6.45) is -4.51. The lowest BCUT2D eigenvalue weighted by Crippen LogP contribution is -2.13. The summed E-state index contributed by atoms with van der Waals surface area (Å²) in [5.74, 6) is 2.53. The fraction of sp³-hybridized carbons (Fsp3) is 0.348. The number of methoxy groups -OCH3 is 2. The zero-order chi connectivity index (χ0) is 24.8. The Morgan fingerprint density at radius 1 is 0.971 bits per heavy atom. The van der Waals surface area contributed by atoms with Crippen molar-refractivity contribution in [3.63, 3.8) is 0 Å². The standard InChI is InChI=1S/C23H25F3N6O2/c1-11(2)21-30-31-22-29-20(16-9-18(33-4)19(34-5)10-17(16)32(21)22)28-12(3)13-6-14(23(24,25)26)8-15(27)7-13/h6-12H,27H2,1-5H3,(H,28,29,31)/t12-/m1/s1. The van der Waals surface area contributed by atoms with Gasteiger partial charge in [-0.1, -0.05) is 13.8 Å². The first-order valence-electron chi connectivity index (χ1n) is 10.6. The van der Waals surface area contributed by atoms with Crippen molar-refractivity contribution in [1.82, 2.24) is 19.6 Å². The molecule has 0 fully saturated rings. The number of ether oxygens (including phenoxy) is 2. The summed E-state index contributed by atoms with van der Waals surface area (Å²) in [6.45, 7) is 5.72. The predicted molar refractivity (Wildman–Crippen MR) is 123 cm³/mol. The van der Waals surface area contributed by atoms with Crippen molar-refractivity contribution in [3.8, 4) is 11.5 Å². The van der Waals surface area contributed by atoms with Crippen LogP contribution in [-0.2, 0) is 6.18 Å². The number of nitrogens with one attached hydrogen (secondary N) is 1. The summed E-state index contributed by atoms with van der Waals surface area (Å²) in [6, 6.07) is 6.51. The van der Waals surface area contributed by atoms with E-state index in [-0.39, 0.29) is 11.6 Å². The molecule has 2 heterocycles. The van der Waals surface area contributed by atoms with Crippen molar-refractivity contribution < 1.29 is 22.6 Å². The molecule has 0 radical (unpaired) electrons. The van der Waals surface area contributed by atoms with Crippen LogP contribution in [-0.4, -0.2) is 33.8 Å². The van der Waals surface area contributed by atoms with E-state index in [1.165, 1.54) is 20.3 Å². The van der Waals surface area contributed by atoms with Gasteiger partial charge < -0.3 is 20.5 Å². The van der Waals surface area contributed by atoms with Crippen LogP contribution in [0, 0.1) is 0 Å². The van der Waals surface area contributed by atoms with Crippen LogP contribution in [0.15, 0.2) is 30.3 Å². The van der Waals surface area contributed by atoms with E-state index in [0.29, 0.717) is 39.9 Å². The van der Waals surface area contributed by atoms with Crippen LogP contribution in [0.5, 0.6) is 11.5 Å². The second-order valence-electron chi connectivity index (χ2n) is 8.29. The van der Waals surface area contributed by atoms with Gasteiger partial charge in [0.2, 0.25) is 0 Å². The number of nitrogens with zero attached hydrogens (tertiary/aromatic N) is 4. The number of hydrogen-bond donors (Lipinski definition) is 2. The first kappa shape index (κ1) is 23.4. The normalized spacial score (nSPS) is 13.0. The number of hydrogen-bond acceptors (Lipinski definition) is 7. The molecule has 0 amide bonds. The quantitative estimate of drug-likeness (QED) is 0.371. The Bertz CT molecular complexity index is 1370. The third-order valence-corrected chi connectivity index (χ3v) is 5.56. The maximum atomic E-state index is 13.3. The fourth-order valence-corrected chi connectivity index (χ4v) is 3.86.